The van der Waals surface area contributed by atoms with Crippen LogP contribution in [0.1, 0.15) is 13.8 Å². The Bertz CT molecular complexity index is 56.0. The molecular weight excluding hydrogens is 125 g/mol. The molecule has 0 heterocycles. The summed E-state index contributed by atoms with van der Waals surface area (Å²) in [4.78, 5) is 17.1. The molecule has 0 saturated heterocycles. The highest BCUT2D eigenvalue weighted by Crippen LogP contribution is 2.27. The van der Waals surface area contributed by atoms with Crippen LogP contribution >= 0.6 is 8.53 Å². The predicted molar refractivity (Wildman–Crippen MR) is 34.3 cm³/mol. The van der Waals surface area contributed by atoms with Crippen molar-refractivity contribution in [2.45, 2.75) is 13.8 Å². The van der Waals surface area contributed by atoms with Gasteiger partial charge < -0.3 is 9.79 Å². The summed E-state index contributed by atoms with van der Waals surface area (Å²) < 4.78 is 1.59. The van der Waals surface area contributed by atoms with Crippen molar-refractivity contribution in [2.75, 3.05) is 13.1 Å². The molecule has 0 rings (SSSR count). The second-order valence-electron chi connectivity index (χ2n) is 1.41. The lowest BCUT2D eigenvalue weighted by molar-refractivity contribution is 0.360. The Morgan fingerprint density at radius 2 is 1.62 bits per heavy atom. The second-order valence-corrected chi connectivity index (χ2v) is 2.51. The molecule has 0 aliphatic rings. The fraction of sp³-hybridized carbons (Fsp3) is 1.00. The van der Waals surface area contributed by atoms with E-state index in [9.17, 15) is 0 Å². The molecule has 0 amide bonds. The maximum Gasteiger partial charge on any atom is 0.253 e. The van der Waals surface area contributed by atoms with Gasteiger partial charge in [-0.1, -0.05) is 13.8 Å². The monoisotopic (exact) mass is 137 g/mol. The zero-order valence-electron chi connectivity index (χ0n) is 5.20. The molecule has 0 atom stereocenters. The SMILES string of the molecule is CCN(CC)P(O)O. The minimum atomic E-state index is -1.83. The van der Waals surface area contributed by atoms with Crippen molar-refractivity contribution in [3.8, 4) is 0 Å². The van der Waals surface area contributed by atoms with Gasteiger partial charge in [0.15, 0.2) is 0 Å². The molecule has 0 spiro atoms. The molecule has 0 aliphatic heterocycles. The summed E-state index contributed by atoms with van der Waals surface area (Å²) in [6.45, 7) is 5.20. The summed E-state index contributed by atoms with van der Waals surface area (Å²) in [6.07, 6.45) is 0. The van der Waals surface area contributed by atoms with E-state index in [-0.39, 0.29) is 0 Å². The molecule has 8 heavy (non-hydrogen) atoms. The van der Waals surface area contributed by atoms with Crippen LogP contribution in [0, 0.1) is 0 Å². The van der Waals surface area contributed by atoms with Gasteiger partial charge in [0.2, 0.25) is 0 Å². The third-order valence-electron chi connectivity index (χ3n) is 0.983. The maximum atomic E-state index is 8.56. The second kappa shape index (κ2) is 4.21. The minimum absolute atomic E-state index is 0.704. The van der Waals surface area contributed by atoms with Gasteiger partial charge in [0, 0.05) is 13.1 Å². The third-order valence-corrected chi connectivity index (χ3v) is 2.05. The molecule has 50 valence electrons. The Kier molecular flexibility index (Phi) is 4.38. The van der Waals surface area contributed by atoms with E-state index >= 15 is 0 Å². The predicted octanol–water partition coefficient (Wildman–Crippen LogP) is 0.540. The molecule has 0 unspecified atom stereocenters. The van der Waals surface area contributed by atoms with E-state index in [0.29, 0.717) is 13.1 Å². The minimum Gasteiger partial charge on any atom is -0.338 e. The van der Waals surface area contributed by atoms with Gasteiger partial charge in [-0.25, -0.2) is 4.67 Å². The lowest BCUT2D eigenvalue weighted by atomic mass is 10.7. The van der Waals surface area contributed by atoms with E-state index in [1.54, 1.807) is 4.67 Å². The molecule has 0 aromatic rings. The molecule has 0 bridgehead atoms. The molecule has 2 N–H and O–H groups in total. The summed E-state index contributed by atoms with van der Waals surface area (Å²) in [5, 5.41) is 0. The lowest BCUT2D eigenvalue weighted by Gasteiger charge is -2.17. The molecule has 0 aromatic heterocycles. The molecule has 0 fully saturated rings. The molecule has 3 nitrogen and oxygen atoms in total. The normalized spacial score (nSPS) is 11.2. The zero-order valence-corrected chi connectivity index (χ0v) is 6.10. The van der Waals surface area contributed by atoms with Crippen molar-refractivity contribution in [1.82, 2.24) is 4.67 Å². The van der Waals surface area contributed by atoms with Crippen LogP contribution in [0.5, 0.6) is 0 Å². The van der Waals surface area contributed by atoms with Gasteiger partial charge in [-0.05, 0) is 0 Å². The summed E-state index contributed by atoms with van der Waals surface area (Å²) in [5.74, 6) is 0. The number of hydrogen-bond donors (Lipinski definition) is 2. The highest BCUT2D eigenvalue weighted by atomic mass is 31.2. The van der Waals surface area contributed by atoms with E-state index in [0.717, 1.165) is 0 Å². The molecule has 0 radical (unpaired) electrons. The van der Waals surface area contributed by atoms with E-state index in [1.807, 2.05) is 13.8 Å². The van der Waals surface area contributed by atoms with Gasteiger partial charge >= 0.3 is 0 Å². The first-order valence-corrected chi connectivity index (χ1v) is 3.85. The first-order valence-electron chi connectivity index (χ1n) is 2.65. The van der Waals surface area contributed by atoms with Gasteiger partial charge in [0.1, 0.15) is 0 Å². The molecule has 0 aromatic carbocycles. The Balaban J connectivity index is 3.35. The van der Waals surface area contributed by atoms with E-state index in [2.05, 4.69) is 0 Å². The third kappa shape index (κ3) is 2.58. The fourth-order valence-corrected chi connectivity index (χ4v) is 0.983. The Morgan fingerprint density at radius 1 is 1.25 bits per heavy atom. The first kappa shape index (κ1) is 8.31. The van der Waals surface area contributed by atoms with Crippen molar-refractivity contribution in [1.29, 1.82) is 0 Å². The Hall–Kier alpha value is 0.310. The standard InChI is InChI=1S/C4H12NO2P/c1-3-5(4-2)8(6)7/h6-7H,3-4H2,1-2H3. The van der Waals surface area contributed by atoms with Crippen LogP contribution in [0.15, 0.2) is 0 Å². The summed E-state index contributed by atoms with van der Waals surface area (Å²) in [5.41, 5.74) is 0. The largest absolute Gasteiger partial charge is 0.338 e. The van der Waals surface area contributed by atoms with Gasteiger partial charge in [0.05, 0.1) is 0 Å². The van der Waals surface area contributed by atoms with Crippen LogP contribution in [0.4, 0.5) is 0 Å². The van der Waals surface area contributed by atoms with E-state index in [4.69, 9.17) is 9.79 Å². The van der Waals surface area contributed by atoms with Crippen molar-refractivity contribution < 1.29 is 9.79 Å². The van der Waals surface area contributed by atoms with Gasteiger partial charge in [0.25, 0.3) is 8.53 Å². The van der Waals surface area contributed by atoms with Crippen LogP contribution in [0.25, 0.3) is 0 Å². The molecule has 4 heteroatoms. The molecule has 0 aliphatic carbocycles. The Labute approximate surface area is 50.9 Å². The summed E-state index contributed by atoms with van der Waals surface area (Å²) >= 11 is 0. The van der Waals surface area contributed by atoms with Crippen molar-refractivity contribution in [2.24, 2.45) is 0 Å². The van der Waals surface area contributed by atoms with Crippen molar-refractivity contribution in [3.05, 3.63) is 0 Å². The average molecular weight is 137 g/mol. The van der Waals surface area contributed by atoms with Crippen LogP contribution in [0.3, 0.4) is 0 Å². The van der Waals surface area contributed by atoms with Gasteiger partial charge in [-0.15, -0.1) is 0 Å². The summed E-state index contributed by atoms with van der Waals surface area (Å²) in [6, 6.07) is 0. The molecule has 0 saturated carbocycles. The van der Waals surface area contributed by atoms with Crippen LogP contribution in [0.2, 0.25) is 0 Å². The number of nitrogens with zero attached hydrogens (tertiary/aromatic N) is 1. The Morgan fingerprint density at radius 3 is 1.62 bits per heavy atom. The number of rotatable bonds is 3. The van der Waals surface area contributed by atoms with Crippen LogP contribution < -0.4 is 0 Å². The topological polar surface area (TPSA) is 43.7 Å². The van der Waals surface area contributed by atoms with Crippen LogP contribution in [-0.4, -0.2) is 27.5 Å². The number of hydrogen-bond acceptors (Lipinski definition) is 3. The van der Waals surface area contributed by atoms with Gasteiger partial charge in [-0.3, -0.25) is 0 Å². The highest BCUT2D eigenvalue weighted by molar-refractivity contribution is 7.42. The summed E-state index contributed by atoms with van der Waals surface area (Å²) in [7, 11) is -1.83. The van der Waals surface area contributed by atoms with Crippen LogP contribution in [-0.2, 0) is 0 Å². The first-order chi connectivity index (χ1) is 3.72. The van der Waals surface area contributed by atoms with Gasteiger partial charge in [-0.2, -0.15) is 0 Å². The highest BCUT2D eigenvalue weighted by Gasteiger charge is 2.06. The van der Waals surface area contributed by atoms with Crippen molar-refractivity contribution >= 4 is 8.53 Å². The van der Waals surface area contributed by atoms with E-state index in [1.165, 1.54) is 0 Å². The lowest BCUT2D eigenvalue weighted by Crippen LogP contribution is -2.15. The maximum absolute atomic E-state index is 8.56. The fourth-order valence-electron chi connectivity index (χ4n) is 0.477. The molecular formula is C4H12NO2P. The van der Waals surface area contributed by atoms with Crippen molar-refractivity contribution in [3.63, 3.8) is 0 Å². The van der Waals surface area contributed by atoms with E-state index < -0.39 is 8.53 Å². The average Bonchev–Trinajstić information content (AvgIpc) is 1.69. The smallest absolute Gasteiger partial charge is 0.253 e. The zero-order chi connectivity index (χ0) is 6.57. The quantitative estimate of drug-likeness (QED) is 0.558.